The minimum absolute atomic E-state index is 0.0598. The number of ether oxygens (including phenoxy) is 8. The lowest BCUT2D eigenvalue weighted by Crippen LogP contribution is -2.52. The van der Waals surface area contributed by atoms with Crippen molar-refractivity contribution in [1.29, 1.82) is 0 Å². The summed E-state index contributed by atoms with van der Waals surface area (Å²) in [6.07, 6.45) is 6.16. The van der Waals surface area contributed by atoms with Gasteiger partial charge in [0.1, 0.15) is 12.1 Å². The Balaban J connectivity index is 1.04. The van der Waals surface area contributed by atoms with Crippen LogP contribution < -0.4 is 28.4 Å². The van der Waals surface area contributed by atoms with Gasteiger partial charge in [0.25, 0.3) is 0 Å². The van der Waals surface area contributed by atoms with Crippen LogP contribution in [0.2, 0.25) is 0 Å². The van der Waals surface area contributed by atoms with E-state index in [-0.39, 0.29) is 25.3 Å². The second kappa shape index (κ2) is 20.6. The highest BCUT2D eigenvalue weighted by molar-refractivity contribution is 5.91. The predicted molar refractivity (Wildman–Crippen MR) is 242 cm³/mol. The molecule has 4 atom stereocenters. The van der Waals surface area contributed by atoms with Gasteiger partial charge in [-0.15, -0.1) is 0 Å². The van der Waals surface area contributed by atoms with Crippen LogP contribution in [-0.4, -0.2) is 117 Å². The van der Waals surface area contributed by atoms with Gasteiger partial charge in [-0.1, -0.05) is 12.1 Å². The van der Waals surface area contributed by atoms with Gasteiger partial charge in [0.2, 0.25) is 0 Å². The Bertz CT molecular complexity index is 2290. The number of likely N-dealkylation sites (N-methyl/N-ethyl adjacent to an activating group) is 2. The lowest BCUT2D eigenvalue weighted by atomic mass is 9.84. The van der Waals surface area contributed by atoms with E-state index in [1.807, 2.05) is 18.2 Å². The third-order valence-electron chi connectivity index (χ3n) is 13.3. The third-order valence-corrected chi connectivity index (χ3v) is 13.3. The zero-order valence-electron chi connectivity index (χ0n) is 38.8. The number of quaternary nitrogens is 2. The van der Waals surface area contributed by atoms with Crippen molar-refractivity contribution in [2.24, 2.45) is 0 Å². The lowest BCUT2D eigenvalue weighted by molar-refractivity contribution is -0.941. The van der Waals surface area contributed by atoms with Crippen molar-refractivity contribution < 1.29 is 56.5 Å². The number of carbonyl (C=O) groups is 2. The summed E-state index contributed by atoms with van der Waals surface area (Å²) >= 11 is 0. The van der Waals surface area contributed by atoms with Gasteiger partial charge in [-0.2, -0.15) is 0 Å². The minimum atomic E-state index is -0.578. The van der Waals surface area contributed by atoms with E-state index >= 15 is 0 Å². The zero-order chi connectivity index (χ0) is 45.3. The highest BCUT2D eigenvalue weighted by Crippen LogP contribution is 2.45. The molecule has 0 radical (unpaired) electrons. The summed E-state index contributed by atoms with van der Waals surface area (Å²) in [6.45, 7) is 8.14. The monoisotopic (exact) mass is 866 g/mol. The van der Waals surface area contributed by atoms with Crippen LogP contribution >= 0.6 is 0 Å². The number of fused-ring (bicyclic) bond motifs is 2. The number of hydrogen-bond acceptors (Lipinski definition) is 10. The first kappa shape index (κ1) is 46.8. The normalized spacial score (nSPS) is 20.3. The smallest absolute Gasteiger partial charge is 0.331 e. The van der Waals surface area contributed by atoms with Gasteiger partial charge >= 0.3 is 11.9 Å². The fourth-order valence-corrected chi connectivity index (χ4v) is 9.60. The van der Waals surface area contributed by atoms with Gasteiger partial charge in [0.15, 0.2) is 34.5 Å². The molecule has 0 amide bonds. The van der Waals surface area contributed by atoms with Crippen LogP contribution in [0.4, 0.5) is 0 Å². The van der Waals surface area contributed by atoms with E-state index in [2.05, 4.69) is 70.4 Å². The molecule has 6 rings (SSSR count). The second-order valence-corrected chi connectivity index (χ2v) is 17.2. The SMILES string of the molecule is COc1ccc(CC2c3cc(OC)c(OC)cc3CC[N+]2(C)CCCOC(=O)/C=C/C(=O)OCCC[N+]2(C)CCc3cc(C)c(C)cc3C2c2ccc(OC)c(OC)c2)cc1OC. The number of benzene rings is 4. The fraction of sp³-hybridized carbons (Fsp3) is 0.451. The summed E-state index contributed by atoms with van der Waals surface area (Å²) < 4.78 is 46.4. The van der Waals surface area contributed by atoms with E-state index < -0.39 is 11.9 Å². The summed E-state index contributed by atoms with van der Waals surface area (Å²) in [5, 5.41) is 0. The quantitative estimate of drug-likeness (QED) is 0.0401. The molecule has 0 saturated carbocycles. The van der Waals surface area contributed by atoms with Crippen molar-refractivity contribution in [2.75, 3.05) is 96.1 Å². The average molecular weight is 867 g/mol. The maximum absolute atomic E-state index is 12.8. The molecular formula is C51H66N2O10+2. The highest BCUT2D eigenvalue weighted by Gasteiger charge is 2.42. The average Bonchev–Trinajstić information content (AvgIpc) is 3.29. The van der Waals surface area contributed by atoms with Crippen molar-refractivity contribution in [3.63, 3.8) is 0 Å². The molecule has 4 aromatic carbocycles. The number of rotatable bonds is 19. The van der Waals surface area contributed by atoms with Crippen molar-refractivity contribution >= 4 is 11.9 Å². The Morgan fingerprint density at radius 2 is 1.06 bits per heavy atom. The maximum Gasteiger partial charge on any atom is 0.331 e. The van der Waals surface area contributed by atoms with Gasteiger partial charge in [0, 0.05) is 60.9 Å². The van der Waals surface area contributed by atoms with Gasteiger partial charge in [-0.25, -0.2) is 9.59 Å². The molecule has 0 fully saturated rings. The molecule has 4 aromatic rings. The Morgan fingerprint density at radius 1 is 0.571 bits per heavy atom. The largest absolute Gasteiger partial charge is 0.493 e. The first-order valence-electron chi connectivity index (χ1n) is 21.8. The number of nitrogens with zero attached hydrogens (tertiary/aromatic N) is 2. The van der Waals surface area contributed by atoms with Crippen LogP contribution in [0.1, 0.15) is 69.4 Å². The molecule has 0 aromatic heterocycles. The van der Waals surface area contributed by atoms with E-state index in [9.17, 15) is 9.59 Å². The van der Waals surface area contributed by atoms with Gasteiger partial charge in [0.05, 0.1) is 96.1 Å². The van der Waals surface area contributed by atoms with Crippen molar-refractivity contribution in [1.82, 2.24) is 0 Å². The fourth-order valence-electron chi connectivity index (χ4n) is 9.60. The van der Waals surface area contributed by atoms with E-state index in [0.717, 1.165) is 77.7 Å². The zero-order valence-corrected chi connectivity index (χ0v) is 38.8. The first-order valence-corrected chi connectivity index (χ1v) is 21.8. The number of methoxy groups -OCH3 is 6. The van der Waals surface area contributed by atoms with Crippen LogP contribution in [-0.2, 0) is 38.3 Å². The molecule has 0 saturated heterocycles. The molecule has 12 heteroatoms. The van der Waals surface area contributed by atoms with E-state index in [1.165, 1.54) is 33.4 Å². The summed E-state index contributed by atoms with van der Waals surface area (Å²) in [5.41, 5.74) is 9.92. The molecule has 2 heterocycles. The molecule has 12 nitrogen and oxygen atoms in total. The van der Waals surface area contributed by atoms with Crippen LogP contribution in [0.5, 0.6) is 34.5 Å². The lowest BCUT2D eigenvalue weighted by Gasteiger charge is -2.46. The molecule has 0 spiro atoms. The molecule has 0 bridgehead atoms. The van der Waals surface area contributed by atoms with Crippen LogP contribution in [0.25, 0.3) is 0 Å². The van der Waals surface area contributed by atoms with E-state index in [1.54, 1.807) is 42.7 Å². The Kier molecular flexibility index (Phi) is 15.3. The second-order valence-electron chi connectivity index (χ2n) is 17.2. The van der Waals surface area contributed by atoms with Crippen molar-refractivity contribution in [3.8, 4) is 34.5 Å². The summed E-state index contributed by atoms with van der Waals surface area (Å²) in [6, 6.07) is 21.2. The van der Waals surface area contributed by atoms with E-state index in [0.29, 0.717) is 47.3 Å². The predicted octanol–water partition coefficient (Wildman–Crippen LogP) is 7.86. The summed E-state index contributed by atoms with van der Waals surface area (Å²) in [5.74, 6) is 3.00. The topological polar surface area (TPSA) is 108 Å². The molecule has 63 heavy (non-hydrogen) atoms. The molecule has 4 unspecified atom stereocenters. The molecule has 0 N–H and O–H groups in total. The van der Waals surface area contributed by atoms with Gasteiger partial charge < -0.3 is 46.9 Å². The number of esters is 2. The first-order chi connectivity index (χ1) is 30.3. The molecule has 2 aliphatic heterocycles. The Labute approximate surface area is 373 Å². The standard InChI is InChI=1S/C51H66N2O10/c1-34-27-37-20-24-53(4,51(41(37)28-35(34)2)39-14-16-44(57-6)46(32-39)59-8)22-12-26-63-50(55)18-17-49(54)62-25-11-21-52(3)23-19-38-31-47(60-9)48(61-10)33-40(38)42(52)29-36-13-15-43(56-5)45(30-36)58-7/h13-18,27-28,30-33,42,51H,11-12,19-26,29H2,1-10H3/q+2/b18-17+. The van der Waals surface area contributed by atoms with Crippen molar-refractivity contribution in [3.05, 3.63) is 117 Å². The third kappa shape index (κ3) is 10.6. The molecule has 0 aliphatic carbocycles. The highest BCUT2D eigenvalue weighted by atomic mass is 16.5. The Hall–Kier alpha value is -5.72. The number of aryl methyl sites for hydroxylation is 2. The van der Waals surface area contributed by atoms with Gasteiger partial charge in [-0.3, -0.25) is 0 Å². The summed E-state index contributed by atoms with van der Waals surface area (Å²) in [7, 11) is 14.4. The number of hydrogen-bond donors (Lipinski definition) is 0. The molecule has 2 aliphatic rings. The Morgan fingerprint density at radius 3 is 1.67 bits per heavy atom. The van der Waals surface area contributed by atoms with Crippen molar-refractivity contribution in [2.45, 2.75) is 58.0 Å². The molecule has 338 valence electrons. The number of carbonyl (C=O) groups excluding carboxylic acids is 2. The maximum atomic E-state index is 12.8. The van der Waals surface area contributed by atoms with Crippen LogP contribution in [0.3, 0.4) is 0 Å². The van der Waals surface area contributed by atoms with Gasteiger partial charge in [-0.05, 0) is 90.2 Å². The van der Waals surface area contributed by atoms with Crippen LogP contribution in [0.15, 0.2) is 72.8 Å². The van der Waals surface area contributed by atoms with E-state index in [4.69, 9.17) is 37.9 Å². The van der Waals surface area contributed by atoms with Crippen LogP contribution in [0, 0.1) is 13.8 Å². The summed E-state index contributed by atoms with van der Waals surface area (Å²) in [4.78, 5) is 25.6. The molecular weight excluding hydrogens is 801 g/mol. The minimum Gasteiger partial charge on any atom is -0.493 e.